The van der Waals surface area contributed by atoms with Gasteiger partial charge in [0.25, 0.3) is 5.91 Å². The van der Waals surface area contributed by atoms with Gasteiger partial charge in [0.2, 0.25) is 0 Å². The molecule has 1 rings (SSSR count). The number of carbonyl (C=O) groups excluding carboxylic acids is 1. The van der Waals surface area contributed by atoms with Crippen molar-refractivity contribution in [2.75, 3.05) is 6.54 Å². The minimum absolute atomic E-state index is 0.0909. The van der Waals surface area contributed by atoms with Crippen LogP contribution in [0.4, 0.5) is 0 Å². The fraction of sp³-hybridized carbons (Fsp3) is 0.417. The Kier molecular flexibility index (Phi) is 3.72. The second kappa shape index (κ2) is 4.82. The summed E-state index contributed by atoms with van der Waals surface area (Å²) in [5.74, 6) is 0.564. The zero-order valence-electron chi connectivity index (χ0n) is 9.37. The molecule has 1 aromatic rings. The van der Waals surface area contributed by atoms with E-state index in [2.05, 4.69) is 5.32 Å². The van der Waals surface area contributed by atoms with Crippen molar-refractivity contribution in [3.05, 3.63) is 29.3 Å². The molecule has 0 unspecified atom stereocenters. The average molecular weight is 207 g/mol. The van der Waals surface area contributed by atoms with Crippen LogP contribution in [0.15, 0.2) is 18.2 Å². The Labute approximate surface area is 90.1 Å². The largest absolute Gasteiger partial charge is 0.508 e. The van der Waals surface area contributed by atoms with Gasteiger partial charge in [-0.05, 0) is 36.6 Å². The van der Waals surface area contributed by atoms with Crippen LogP contribution in [0.1, 0.15) is 29.8 Å². The molecule has 0 atom stereocenters. The first kappa shape index (κ1) is 11.6. The molecule has 0 saturated carbocycles. The molecular formula is C12H17NO2. The summed E-state index contributed by atoms with van der Waals surface area (Å²) in [5.41, 5.74) is 1.30. The molecule has 0 bridgehead atoms. The van der Waals surface area contributed by atoms with Gasteiger partial charge in [0.05, 0.1) is 0 Å². The van der Waals surface area contributed by atoms with Crippen LogP contribution in [0.25, 0.3) is 0 Å². The lowest BCUT2D eigenvalue weighted by Crippen LogP contribution is -2.27. The molecule has 1 amide bonds. The van der Waals surface area contributed by atoms with Gasteiger partial charge in [0.1, 0.15) is 5.75 Å². The normalized spacial score (nSPS) is 10.4. The highest BCUT2D eigenvalue weighted by molar-refractivity contribution is 5.94. The van der Waals surface area contributed by atoms with E-state index in [9.17, 15) is 9.90 Å². The second-order valence-corrected chi connectivity index (χ2v) is 4.11. The van der Waals surface area contributed by atoms with Gasteiger partial charge in [-0.15, -0.1) is 0 Å². The Morgan fingerprint density at radius 3 is 2.67 bits per heavy atom. The van der Waals surface area contributed by atoms with Crippen LogP contribution in [0.3, 0.4) is 0 Å². The Morgan fingerprint density at radius 1 is 1.47 bits per heavy atom. The number of aryl methyl sites for hydroxylation is 1. The van der Waals surface area contributed by atoms with Gasteiger partial charge in [-0.25, -0.2) is 0 Å². The van der Waals surface area contributed by atoms with Gasteiger partial charge in [-0.2, -0.15) is 0 Å². The van der Waals surface area contributed by atoms with Crippen molar-refractivity contribution in [3.63, 3.8) is 0 Å². The van der Waals surface area contributed by atoms with Crippen molar-refractivity contribution in [2.45, 2.75) is 20.8 Å². The van der Waals surface area contributed by atoms with Crippen LogP contribution in [0.5, 0.6) is 5.75 Å². The predicted molar refractivity (Wildman–Crippen MR) is 60.0 cm³/mol. The van der Waals surface area contributed by atoms with E-state index in [0.717, 1.165) is 0 Å². The van der Waals surface area contributed by atoms with Crippen LogP contribution in [-0.2, 0) is 0 Å². The summed E-state index contributed by atoms with van der Waals surface area (Å²) in [5, 5.41) is 12.1. The highest BCUT2D eigenvalue weighted by Gasteiger charge is 2.07. The summed E-state index contributed by atoms with van der Waals surface area (Å²) < 4.78 is 0. The van der Waals surface area contributed by atoms with Gasteiger partial charge >= 0.3 is 0 Å². The number of aromatic hydroxyl groups is 1. The van der Waals surface area contributed by atoms with E-state index in [1.165, 1.54) is 0 Å². The topological polar surface area (TPSA) is 49.3 Å². The summed E-state index contributed by atoms with van der Waals surface area (Å²) in [6.45, 7) is 6.53. The predicted octanol–water partition coefficient (Wildman–Crippen LogP) is 2.09. The number of rotatable bonds is 3. The summed E-state index contributed by atoms with van der Waals surface area (Å²) in [7, 11) is 0. The Hall–Kier alpha value is -1.51. The molecule has 0 heterocycles. The molecule has 0 fully saturated rings. The van der Waals surface area contributed by atoms with Gasteiger partial charge in [0, 0.05) is 12.1 Å². The lowest BCUT2D eigenvalue weighted by Gasteiger charge is -2.08. The average Bonchev–Trinajstić information content (AvgIpc) is 2.18. The Balaban J connectivity index is 2.70. The fourth-order valence-corrected chi connectivity index (χ4v) is 1.20. The monoisotopic (exact) mass is 207 g/mol. The summed E-state index contributed by atoms with van der Waals surface area (Å²) in [4.78, 5) is 11.6. The molecule has 0 spiro atoms. The zero-order valence-corrected chi connectivity index (χ0v) is 9.37. The molecule has 0 aliphatic carbocycles. The number of phenolic OH excluding ortho intramolecular Hbond substituents is 1. The van der Waals surface area contributed by atoms with E-state index in [1.807, 2.05) is 13.8 Å². The first-order valence-corrected chi connectivity index (χ1v) is 5.08. The quantitative estimate of drug-likeness (QED) is 0.797. The van der Waals surface area contributed by atoms with E-state index >= 15 is 0 Å². The molecule has 3 heteroatoms. The smallest absolute Gasteiger partial charge is 0.251 e. The van der Waals surface area contributed by atoms with Crippen LogP contribution >= 0.6 is 0 Å². The third-order valence-corrected chi connectivity index (χ3v) is 2.13. The number of benzene rings is 1. The Morgan fingerprint density at radius 2 is 2.13 bits per heavy atom. The number of phenols is 1. The molecule has 0 aliphatic rings. The summed E-state index contributed by atoms with van der Waals surface area (Å²) in [6, 6.07) is 4.85. The first-order valence-electron chi connectivity index (χ1n) is 5.08. The fourth-order valence-electron chi connectivity index (χ4n) is 1.20. The van der Waals surface area contributed by atoms with Crippen molar-refractivity contribution < 1.29 is 9.90 Å². The van der Waals surface area contributed by atoms with E-state index < -0.39 is 0 Å². The van der Waals surface area contributed by atoms with Crippen molar-refractivity contribution in [1.82, 2.24) is 5.32 Å². The number of nitrogens with one attached hydrogen (secondary N) is 1. The standard InChI is InChI=1S/C12H17NO2/c1-8(2)7-13-12(15)10-4-5-11(14)9(3)6-10/h4-6,8,14H,7H2,1-3H3,(H,13,15). The molecule has 0 radical (unpaired) electrons. The summed E-state index contributed by atoms with van der Waals surface area (Å²) >= 11 is 0. The third-order valence-electron chi connectivity index (χ3n) is 2.13. The van der Waals surface area contributed by atoms with Crippen molar-refractivity contribution >= 4 is 5.91 Å². The number of hydrogen-bond acceptors (Lipinski definition) is 2. The maximum atomic E-state index is 11.6. The molecule has 0 saturated heterocycles. The third kappa shape index (κ3) is 3.27. The molecule has 3 nitrogen and oxygen atoms in total. The molecule has 1 aromatic carbocycles. The molecular weight excluding hydrogens is 190 g/mol. The molecule has 0 aromatic heterocycles. The van der Waals surface area contributed by atoms with E-state index in [0.29, 0.717) is 23.6 Å². The lowest BCUT2D eigenvalue weighted by molar-refractivity contribution is 0.0949. The van der Waals surface area contributed by atoms with Gasteiger partial charge in [0.15, 0.2) is 0 Å². The van der Waals surface area contributed by atoms with Crippen LogP contribution < -0.4 is 5.32 Å². The maximum Gasteiger partial charge on any atom is 0.251 e. The lowest BCUT2D eigenvalue weighted by atomic mass is 10.1. The van der Waals surface area contributed by atoms with Crippen LogP contribution in [-0.4, -0.2) is 17.6 Å². The van der Waals surface area contributed by atoms with Crippen molar-refractivity contribution in [2.24, 2.45) is 5.92 Å². The van der Waals surface area contributed by atoms with E-state index in [-0.39, 0.29) is 11.7 Å². The minimum Gasteiger partial charge on any atom is -0.508 e. The van der Waals surface area contributed by atoms with E-state index in [1.54, 1.807) is 25.1 Å². The number of hydrogen-bond donors (Lipinski definition) is 2. The molecule has 15 heavy (non-hydrogen) atoms. The van der Waals surface area contributed by atoms with Gasteiger partial charge in [-0.3, -0.25) is 4.79 Å². The minimum atomic E-state index is -0.0909. The maximum absolute atomic E-state index is 11.6. The van der Waals surface area contributed by atoms with Gasteiger partial charge in [-0.1, -0.05) is 13.8 Å². The number of carbonyl (C=O) groups is 1. The Bertz CT molecular complexity index is 359. The second-order valence-electron chi connectivity index (χ2n) is 4.11. The summed E-state index contributed by atoms with van der Waals surface area (Å²) in [6.07, 6.45) is 0. The van der Waals surface area contributed by atoms with Crippen LogP contribution in [0, 0.1) is 12.8 Å². The van der Waals surface area contributed by atoms with Crippen LogP contribution in [0.2, 0.25) is 0 Å². The SMILES string of the molecule is Cc1cc(C(=O)NCC(C)C)ccc1O. The first-order chi connectivity index (χ1) is 7.00. The van der Waals surface area contributed by atoms with Crippen molar-refractivity contribution in [3.8, 4) is 5.75 Å². The molecule has 2 N–H and O–H groups in total. The zero-order chi connectivity index (χ0) is 11.4. The molecule has 82 valence electrons. The highest BCUT2D eigenvalue weighted by Crippen LogP contribution is 2.16. The van der Waals surface area contributed by atoms with E-state index in [4.69, 9.17) is 0 Å². The van der Waals surface area contributed by atoms with Crippen molar-refractivity contribution in [1.29, 1.82) is 0 Å². The molecule has 0 aliphatic heterocycles. The van der Waals surface area contributed by atoms with Gasteiger partial charge < -0.3 is 10.4 Å². The highest BCUT2D eigenvalue weighted by atomic mass is 16.3. The number of amides is 1.